The van der Waals surface area contributed by atoms with Gasteiger partial charge in [-0.1, -0.05) is 60.7 Å². The summed E-state index contributed by atoms with van der Waals surface area (Å²) in [5.41, 5.74) is 1.58. The van der Waals surface area contributed by atoms with Gasteiger partial charge in [0.1, 0.15) is 9.79 Å². The van der Waals surface area contributed by atoms with Crippen molar-refractivity contribution in [2.45, 2.75) is 35.8 Å². The summed E-state index contributed by atoms with van der Waals surface area (Å²) in [6.07, 6.45) is 1.06. The van der Waals surface area contributed by atoms with Crippen LogP contribution in [0.25, 0.3) is 12.2 Å². The van der Waals surface area contributed by atoms with E-state index in [2.05, 4.69) is 61.8 Å². The Bertz CT molecular complexity index is 2520. The first-order valence-electron chi connectivity index (χ1n) is 18.0. The Labute approximate surface area is 401 Å². The van der Waals surface area contributed by atoms with Crippen LogP contribution in [0.3, 0.4) is 0 Å². The maximum absolute atomic E-state index is 12.6. The molecule has 0 fully saturated rings. The van der Waals surface area contributed by atoms with Crippen LogP contribution in [0, 0.1) is 0 Å². The maximum atomic E-state index is 12.6. The number of benzene rings is 4. The average Bonchev–Trinajstić information content (AvgIpc) is 3.19. The summed E-state index contributed by atoms with van der Waals surface area (Å²) in [6, 6.07) is 26.0. The second-order valence-corrected chi connectivity index (χ2v) is 15.9. The van der Waals surface area contributed by atoms with E-state index in [4.69, 9.17) is 0 Å². The summed E-state index contributed by atoms with van der Waals surface area (Å²) in [4.78, 5) is 24.9. The van der Waals surface area contributed by atoms with Crippen LogP contribution >= 0.6 is 0 Å². The number of aliphatic hydroxyl groups is 2. The molecule has 20 nitrogen and oxygen atoms in total. The summed E-state index contributed by atoms with van der Waals surface area (Å²) in [7, 11) is -9.72. The van der Waals surface area contributed by atoms with Crippen LogP contribution < -0.4 is 31.9 Å². The molecule has 0 saturated carbocycles. The summed E-state index contributed by atoms with van der Waals surface area (Å²) in [6.45, 7) is 3.40. The van der Waals surface area contributed by atoms with E-state index in [-0.39, 0.29) is 130 Å². The molecular formula is C38H42N12Na2O8S2. The van der Waals surface area contributed by atoms with Crippen LogP contribution in [-0.2, 0) is 20.2 Å². The number of hydrogen-bond acceptors (Lipinski definition) is 18. The van der Waals surface area contributed by atoms with E-state index in [1.54, 1.807) is 38.1 Å². The molecule has 62 heavy (non-hydrogen) atoms. The number of aromatic nitrogens is 6. The molecule has 24 heteroatoms. The molecule has 10 N–H and O–H groups in total. The molecule has 0 aliphatic carbocycles. The van der Waals surface area contributed by atoms with Gasteiger partial charge in [-0.2, -0.15) is 46.7 Å². The van der Waals surface area contributed by atoms with Crippen molar-refractivity contribution < 1.29 is 36.2 Å². The SMILES string of the molecule is CC(O)CNc1nc(Nc2ccccc2)nc(Nc2ccc(/C=C/c3ccc(Nc4nc(NCC(C)O)nc(Nc5ccccc5)n4)cc3S(=O)(=O)O)c(S(=O)(=O)O)c2)n1.[NaH].[NaH]. The number of hydrogen-bond donors (Lipinski definition) is 10. The quantitative estimate of drug-likeness (QED) is 0.0331. The van der Waals surface area contributed by atoms with Crippen molar-refractivity contribution in [1.82, 2.24) is 29.9 Å². The minimum absolute atomic E-state index is 0. The summed E-state index contributed by atoms with van der Waals surface area (Å²) in [5.74, 6) is 0.436. The van der Waals surface area contributed by atoms with Crippen molar-refractivity contribution in [1.29, 1.82) is 0 Å². The first-order valence-corrected chi connectivity index (χ1v) is 20.9. The molecule has 2 unspecified atom stereocenters. The monoisotopic (exact) mass is 904 g/mol. The molecule has 4 aromatic carbocycles. The molecule has 316 valence electrons. The van der Waals surface area contributed by atoms with Crippen molar-refractivity contribution in [3.8, 4) is 0 Å². The number of rotatable bonds is 18. The second kappa shape index (κ2) is 22.5. The molecule has 0 radical (unpaired) electrons. The van der Waals surface area contributed by atoms with Crippen LogP contribution in [0.2, 0.25) is 0 Å². The van der Waals surface area contributed by atoms with E-state index in [9.17, 15) is 36.2 Å². The predicted molar refractivity (Wildman–Crippen MR) is 242 cm³/mol. The zero-order chi connectivity index (χ0) is 42.9. The van der Waals surface area contributed by atoms with Crippen LogP contribution in [0.4, 0.5) is 58.4 Å². The summed E-state index contributed by atoms with van der Waals surface area (Å²) in [5, 5.41) is 37.2. The third kappa shape index (κ3) is 14.9. The molecule has 0 saturated heterocycles. The molecule has 0 bridgehead atoms. The van der Waals surface area contributed by atoms with E-state index < -0.39 is 42.2 Å². The average molecular weight is 905 g/mol. The number of para-hydroxylation sites is 2. The van der Waals surface area contributed by atoms with Gasteiger partial charge < -0.3 is 42.1 Å². The van der Waals surface area contributed by atoms with Gasteiger partial charge in [-0.3, -0.25) is 9.11 Å². The van der Waals surface area contributed by atoms with Gasteiger partial charge in [0.25, 0.3) is 20.2 Å². The predicted octanol–water partition coefficient (Wildman–Crippen LogP) is 3.98. The molecule has 0 amide bonds. The Morgan fingerprint density at radius 1 is 0.484 bits per heavy atom. The molecule has 0 aliphatic rings. The fraction of sp³-hybridized carbons (Fsp3) is 0.158. The van der Waals surface area contributed by atoms with Gasteiger partial charge in [0.15, 0.2) is 0 Å². The minimum atomic E-state index is -4.86. The van der Waals surface area contributed by atoms with Crippen LogP contribution in [-0.4, -0.2) is 150 Å². The second-order valence-electron chi connectivity index (χ2n) is 13.1. The molecule has 6 rings (SSSR count). The fourth-order valence-electron chi connectivity index (χ4n) is 5.30. The zero-order valence-electron chi connectivity index (χ0n) is 31.9. The molecule has 0 aliphatic heterocycles. The Kier molecular flexibility index (Phi) is 18.1. The van der Waals surface area contributed by atoms with Crippen molar-refractivity contribution in [2.24, 2.45) is 0 Å². The van der Waals surface area contributed by atoms with Crippen LogP contribution in [0.1, 0.15) is 25.0 Å². The Hall–Kier alpha value is -4.82. The van der Waals surface area contributed by atoms with Crippen molar-refractivity contribution in [2.75, 3.05) is 45.0 Å². The summed E-state index contributed by atoms with van der Waals surface area (Å²) >= 11 is 0. The van der Waals surface area contributed by atoms with Crippen molar-refractivity contribution in [3.63, 3.8) is 0 Å². The topological polar surface area (TPSA) is 299 Å². The Morgan fingerprint density at radius 3 is 1.10 bits per heavy atom. The van der Waals surface area contributed by atoms with Crippen LogP contribution in [0.15, 0.2) is 107 Å². The van der Waals surface area contributed by atoms with Crippen LogP contribution in [0.5, 0.6) is 0 Å². The molecule has 2 heterocycles. The first-order chi connectivity index (χ1) is 28.6. The van der Waals surface area contributed by atoms with E-state index in [1.165, 1.54) is 36.4 Å². The molecule has 6 aromatic rings. The Morgan fingerprint density at radius 2 is 0.790 bits per heavy atom. The van der Waals surface area contributed by atoms with Gasteiger partial charge in [0, 0.05) is 35.8 Å². The number of anilines is 10. The number of aliphatic hydroxyl groups excluding tert-OH is 2. The first kappa shape index (κ1) is 49.8. The molecular weight excluding hydrogens is 863 g/mol. The van der Waals surface area contributed by atoms with Gasteiger partial charge in [-0.05, 0) is 73.5 Å². The third-order valence-corrected chi connectivity index (χ3v) is 9.80. The van der Waals surface area contributed by atoms with Crippen molar-refractivity contribution >= 4 is 150 Å². The van der Waals surface area contributed by atoms with E-state index in [1.807, 2.05) is 36.4 Å². The van der Waals surface area contributed by atoms with Crippen molar-refractivity contribution in [3.05, 3.63) is 108 Å². The van der Waals surface area contributed by atoms with Gasteiger partial charge in [0.2, 0.25) is 35.7 Å². The van der Waals surface area contributed by atoms with E-state index in [0.717, 1.165) is 12.1 Å². The Balaban J connectivity index is 0.00000422. The molecule has 0 spiro atoms. The molecule has 2 atom stereocenters. The fourth-order valence-corrected chi connectivity index (χ4v) is 6.72. The number of nitrogens with zero attached hydrogens (tertiary/aromatic N) is 6. The normalized spacial score (nSPS) is 12.3. The van der Waals surface area contributed by atoms with Gasteiger partial charge in [-0.15, -0.1) is 0 Å². The van der Waals surface area contributed by atoms with E-state index >= 15 is 0 Å². The van der Waals surface area contributed by atoms with Gasteiger partial charge in [0.05, 0.1) is 12.2 Å². The standard InChI is InChI=1S/C38H40N12O8S2.2Na.2H/c1-23(51)21-39-33-45-35(41-27-9-5-3-6-10-27)49-37(47-33)43-29-17-15-25(31(19-29)59(53,54)55)13-14-26-16-18-30(20-32(26)60(56,57)58)44-38-48-34(40-22-24(2)52)46-36(50-38)42-28-11-7-4-8-12-28;;;;/h3-20,23-24,51-52H,21-22H2,1-2H3,(H,53,54,55)(H,56,57,58)(H3,39,41,43,45,47,49)(H3,40,42,44,46,48,50);;;;/b14-13+;;;;. The number of nitrogens with one attached hydrogen (secondary N) is 6. The van der Waals surface area contributed by atoms with Gasteiger partial charge in [-0.25, -0.2) is 0 Å². The molecule has 2 aromatic heterocycles. The van der Waals surface area contributed by atoms with E-state index in [0.29, 0.717) is 11.4 Å². The zero-order valence-corrected chi connectivity index (χ0v) is 33.5. The third-order valence-electron chi connectivity index (χ3n) is 7.98. The van der Waals surface area contributed by atoms with Gasteiger partial charge >= 0.3 is 59.1 Å². The summed E-state index contributed by atoms with van der Waals surface area (Å²) < 4.78 is 70.9.